The van der Waals surface area contributed by atoms with Crippen molar-refractivity contribution >= 4 is 23.4 Å². The summed E-state index contributed by atoms with van der Waals surface area (Å²) in [5, 5.41) is -0.250. The Kier molecular flexibility index (Phi) is 3.68. The molecule has 0 radical (unpaired) electrons. The largest absolute Gasteiger partial charge is 0.295 e. The Labute approximate surface area is 125 Å². The molecule has 0 spiro atoms. The Balaban J connectivity index is 1.99. The van der Waals surface area contributed by atoms with Crippen molar-refractivity contribution < 1.29 is 13.6 Å². The number of amides is 1. The number of nitrogens with zero attached hydrogens (tertiary/aromatic N) is 1. The SMILES string of the molecule is Cc1ccc(N2C(=O)CSC2c2ccc(F)cc2)cc1F. The van der Waals surface area contributed by atoms with Crippen molar-refractivity contribution in [2.45, 2.75) is 12.3 Å². The lowest BCUT2D eigenvalue weighted by atomic mass is 10.1. The number of carbonyl (C=O) groups is 1. The Bertz CT molecular complexity index is 687. The maximum atomic E-state index is 13.7. The van der Waals surface area contributed by atoms with Crippen molar-refractivity contribution in [2.24, 2.45) is 0 Å². The molecule has 0 bridgehead atoms. The first-order valence-corrected chi connectivity index (χ1v) is 7.56. The minimum atomic E-state index is -0.338. The third kappa shape index (κ3) is 2.65. The number of halogens is 2. The standard InChI is InChI=1S/C16H13F2NOS/c1-10-2-7-13(8-14(10)18)19-15(20)9-21-16(19)11-3-5-12(17)6-4-11/h2-8,16H,9H2,1H3. The van der Waals surface area contributed by atoms with Crippen LogP contribution in [0.1, 0.15) is 16.5 Å². The van der Waals surface area contributed by atoms with Gasteiger partial charge in [0.25, 0.3) is 0 Å². The van der Waals surface area contributed by atoms with Crippen LogP contribution < -0.4 is 4.90 Å². The van der Waals surface area contributed by atoms with Gasteiger partial charge in [0.15, 0.2) is 0 Å². The molecule has 1 amide bonds. The molecule has 1 heterocycles. The first-order chi connectivity index (χ1) is 10.1. The highest BCUT2D eigenvalue weighted by Crippen LogP contribution is 2.41. The minimum Gasteiger partial charge on any atom is -0.295 e. The van der Waals surface area contributed by atoms with Gasteiger partial charge in [-0.3, -0.25) is 9.69 Å². The van der Waals surface area contributed by atoms with Gasteiger partial charge in [-0.05, 0) is 42.3 Å². The minimum absolute atomic E-state index is 0.0717. The monoisotopic (exact) mass is 305 g/mol. The van der Waals surface area contributed by atoms with Gasteiger partial charge in [-0.25, -0.2) is 8.78 Å². The molecule has 1 aliphatic heterocycles. The summed E-state index contributed by atoms with van der Waals surface area (Å²) in [6, 6.07) is 10.8. The fourth-order valence-electron chi connectivity index (χ4n) is 2.31. The molecule has 3 rings (SSSR count). The highest BCUT2D eigenvalue weighted by Gasteiger charge is 2.34. The summed E-state index contributed by atoms with van der Waals surface area (Å²) in [5.41, 5.74) is 1.90. The zero-order chi connectivity index (χ0) is 15.0. The third-order valence-electron chi connectivity index (χ3n) is 3.46. The fraction of sp³-hybridized carbons (Fsp3) is 0.188. The van der Waals surface area contributed by atoms with Gasteiger partial charge in [0.2, 0.25) is 5.91 Å². The zero-order valence-electron chi connectivity index (χ0n) is 11.3. The molecular weight excluding hydrogens is 292 g/mol. The second kappa shape index (κ2) is 5.48. The predicted molar refractivity (Wildman–Crippen MR) is 80.2 cm³/mol. The van der Waals surface area contributed by atoms with Gasteiger partial charge < -0.3 is 0 Å². The van der Waals surface area contributed by atoms with E-state index in [1.54, 1.807) is 36.1 Å². The van der Waals surface area contributed by atoms with Crippen molar-refractivity contribution in [3.63, 3.8) is 0 Å². The van der Waals surface area contributed by atoms with E-state index < -0.39 is 0 Å². The van der Waals surface area contributed by atoms with Crippen LogP contribution in [0.15, 0.2) is 42.5 Å². The number of anilines is 1. The molecule has 5 heteroatoms. The molecule has 1 atom stereocenters. The average Bonchev–Trinajstić information content (AvgIpc) is 2.85. The number of hydrogen-bond donors (Lipinski definition) is 0. The number of carbonyl (C=O) groups excluding carboxylic acids is 1. The van der Waals surface area contributed by atoms with Crippen LogP contribution in [-0.2, 0) is 4.79 Å². The number of benzene rings is 2. The number of hydrogen-bond acceptors (Lipinski definition) is 2. The Morgan fingerprint density at radius 2 is 1.86 bits per heavy atom. The molecule has 1 aliphatic rings. The summed E-state index contributed by atoms with van der Waals surface area (Å²) in [4.78, 5) is 13.7. The molecule has 2 aromatic carbocycles. The van der Waals surface area contributed by atoms with Gasteiger partial charge in [0.1, 0.15) is 17.0 Å². The Morgan fingerprint density at radius 1 is 1.14 bits per heavy atom. The number of aryl methyl sites for hydroxylation is 1. The maximum absolute atomic E-state index is 13.7. The fourth-order valence-corrected chi connectivity index (χ4v) is 3.49. The molecule has 108 valence electrons. The summed E-state index contributed by atoms with van der Waals surface area (Å²) in [6.45, 7) is 1.68. The summed E-state index contributed by atoms with van der Waals surface area (Å²) in [5.74, 6) is -0.397. The van der Waals surface area contributed by atoms with E-state index in [9.17, 15) is 13.6 Å². The number of thioether (sulfide) groups is 1. The average molecular weight is 305 g/mol. The maximum Gasteiger partial charge on any atom is 0.238 e. The molecule has 0 N–H and O–H groups in total. The Morgan fingerprint density at radius 3 is 2.52 bits per heavy atom. The Hall–Kier alpha value is -1.88. The van der Waals surface area contributed by atoms with E-state index in [2.05, 4.69) is 0 Å². The van der Waals surface area contributed by atoms with Crippen LogP contribution in [0.4, 0.5) is 14.5 Å². The highest BCUT2D eigenvalue weighted by atomic mass is 32.2. The van der Waals surface area contributed by atoms with E-state index >= 15 is 0 Å². The second-order valence-electron chi connectivity index (χ2n) is 4.91. The topological polar surface area (TPSA) is 20.3 Å². The van der Waals surface area contributed by atoms with Crippen LogP contribution >= 0.6 is 11.8 Å². The second-order valence-corrected chi connectivity index (χ2v) is 5.98. The first kappa shape index (κ1) is 14.1. The van der Waals surface area contributed by atoms with Gasteiger partial charge in [-0.2, -0.15) is 0 Å². The van der Waals surface area contributed by atoms with Crippen molar-refractivity contribution in [1.29, 1.82) is 0 Å². The van der Waals surface area contributed by atoms with Crippen LogP contribution in [0, 0.1) is 18.6 Å². The lowest BCUT2D eigenvalue weighted by Gasteiger charge is -2.24. The molecule has 1 fully saturated rings. The van der Waals surface area contributed by atoms with Crippen LogP contribution in [0.25, 0.3) is 0 Å². The molecule has 0 saturated carbocycles. The van der Waals surface area contributed by atoms with E-state index in [4.69, 9.17) is 0 Å². The van der Waals surface area contributed by atoms with E-state index in [1.807, 2.05) is 0 Å². The number of rotatable bonds is 2. The lowest BCUT2D eigenvalue weighted by Crippen LogP contribution is -2.27. The van der Waals surface area contributed by atoms with Gasteiger partial charge in [-0.1, -0.05) is 18.2 Å². The van der Waals surface area contributed by atoms with Crippen LogP contribution in [0.2, 0.25) is 0 Å². The summed E-state index contributed by atoms with van der Waals surface area (Å²) in [7, 11) is 0. The molecule has 1 saturated heterocycles. The molecule has 2 nitrogen and oxygen atoms in total. The molecular formula is C16H13F2NOS. The summed E-state index contributed by atoms with van der Waals surface area (Å²) < 4.78 is 26.8. The van der Waals surface area contributed by atoms with Crippen LogP contribution in [0.5, 0.6) is 0 Å². The van der Waals surface area contributed by atoms with Crippen LogP contribution in [-0.4, -0.2) is 11.7 Å². The quantitative estimate of drug-likeness (QED) is 0.834. The molecule has 1 unspecified atom stereocenters. The van der Waals surface area contributed by atoms with Crippen molar-refractivity contribution in [1.82, 2.24) is 0 Å². The molecule has 0 aromatic heterocycles. The van der Waals surface area contributed by atoms with Crippen molar-refractivity contribution in [2.75, 3.05) is 10.7 Å². The van der Waals surface area contributed by atoms with Crippen molar-refractivity contribution in [3.8, 4) is 0 Å². The van der Waals surface area contributed by atoms with E-state index in [0.717, 1.165) is 5.56 Å². The first-order valence-electron chi connectivity index (χ1n) is 6.51. The lowest BCUT2D eigenvalue weighted by molar-refractivity contribution is -0.115. The van der Waals surface area contributed by atoms with E-state index in [0.29, 0.717) is 17.0 Å². The smallest absolute Gasteiger partial charge is 0.238 e. The zero-order valence-corrected chi connectivity index (χ0v) is 12.2. The highest BCUT2D eigenvalue weighted by molar-refractivity contribution is 8.00. The third-order valence-corrected chi connectivity index (χ3v) is 4.67. The molecule has 0 aliphatic carbocycles. The van der Waals surface area contributed by atoms with Gasteiger partial charge in [0, 0.05) is 5.69 Å². The molecule has 21 heavy (non-hydrogen) atoms. The normalized spacial score (nSPS) is 18.3. The molecule has 2 aromatic rings. The predicted octanol–water partition coefficient (Wildman–Crippen LogP) is 4.05. The van der Waals surface area contributed by atoms with Gasteiger partial charge >= 0.3 is 0 Å². The van der Waals surface area contributed by atoms with E-state index in [1.165, 1.54) is 30.0 Å². The van der Waals surface area contributed by atoms with Crippen LogP contribution in [0.3, 0.4) is 0 Å². The van der Waals surface area contributed by atoms with Gasteiger partial charge in [-0.15, -0.1) is 11.8 Å². The summed E-state index contributed by atoms with van der Waals surface area (Å²) in [6.07, 6.45) is 0. The van der Waals surface area contributed by atoms with Crippen molar-refractivity contribution in [3.05, 3.63) is 65.2 Å². The summed E-state index contributed by atoms with van der Waals surface area (Å²) >= 11 is 1.45. The van der Waals surface area contributed by atoms with Gasteiger partial charge in [0.05, 0.1) is 5.75 Å². The van der Waals surface area contributed by atoms with E-state index in [-0.39, 0.29) is 22.9 Å².